The third kappa shape index (κ3) is 6.98. The number of fused-ring (bicyclic) bond motifs is 3. The molecule has 1 aliphatic heterocycles. The molecule has 1 aliphatic carbocycles. The Kier molecular flexibility index (Phi) is 8.58. The summed E-state index contributed by atoms with van der Waals surface area (Å²) in [4.78, 5) is 21.0. The first-order chi connectivity index (χ1) is 16.2. The van der Waals surface area contributed by atoms with Crippen LogP contribution in [0.2, 0.25) is 0 Å². The van der Waals surface area contributed by atoms with Crippen molar-refractivity contribution in [3.05, 3.63) is 30.0 Å². The molecule has 8 nitrogen and oxygen atoms in total. The van der Waals surface area contributed by atoms with Crippen LogP contribution in [0, 0.1) is 5.92 Å². The Bertz CT molecular complexity index is 1010. The molecule has 0 bridgehead atoms. The number of oxime groups is 1. The maximum Gasteiger partial charge on any atom is 0.408 e. The SMILES string of the molecule is CCc1ccc2ncc3c(c2c1)NCCO3.CO/N=C1\C[C@@H](C)CCC1NC(=O)OC(C)(C)C. The number of carbonyl (C=O) groups excluding carboxylic acids is 1. The molecule has 8 heteroatoms. The molecule has 2 atom stereocenters. The molecule has 1 fully saturated rings. The standard InChI is InChI=1S/C13H24N2O3.C13H14N2O/c1-9-6-7-10(11(8-9)15-17-5)14-12(16)18-13(2,3)4;1-2-9-3-4-11-10(7-9)13-12(8-15-11)16-6-5-14-13/h9-10H,6-8H2,1-5H3,(H,14,16);3-4,7-8,14H,2,5-6H2,1H3/b15-11+;/t9-,10?;/m0./s1. The molecule has 34 heavy (non-hydrogen) atoms. The first-order valence-electron chi connectivity index (χ1n) is 12.1. The number of alkyl carbamates (subject to hydrolysis) is 1. The van der Waals surface area contributed by atoms with Crippen LogP contribution in [-0.2, 0) is 16.0 Å². The van der Waals surface area contributed by atoms with Crippen molar-refractivity contribution in [1.82, 2.24) is 10.3 Å². The number of aryl methyl sites for hydroxylation is 1. The zero-order valence-electron chi connectivity index (χ0n) is 21.2. The Morgan fingerprint density at radius 2 is 2.12 bits per heavy atom. The molecule has 4 rings (SSSR count). The van der Waals surface area contributed by atoms with Gasteiger partial charge in [0.2, 0.25) is 0 Å². The van der Waals surface area contributed by atoms with Gasteiger partial charge in [0.05, 0.1) is 29.2 Å². The number of hydrogen-bond donors (Lipinski definition) is 2. The van der Waals surface area contributed by atoms with Gasteiger partial charge in [-0.15, -0.1) is 0 Å². The highest BCUT2D eigenvalue weighted by atomic mass is 16.6. The predicted octanol–water partition coefficient (Wildman–Crippen LogP) is 5.30. The van der Waals surface area contributed by atoms with Gasteiger partial charge in [-0.3, -0.25) is 4.98 Å². The van der Waals surface area contributed by atoms with E-state index in [0.717, 1.165) is 60.3 Å². The second kappa shape index (κ2) is 11.4. The lowest BCUT2D eigenvalue weighted by atomic mass is 9.86. The molecular weight excluding hydrogens is 432 g/mol. The first kappa shape index (κ1) is 25.6. The fraction of sp³-hybridized carbons (Fsp3) is 0.577. The highest BCUT2D eigenvalue weighted by molar-refractivity contribution is 5.95. The Hall–Kier alpha value is -3.03. The lowest BCUT2D eigenvalue weighted by Gasteiger charge is -2.29. The summed E-state index contributed by atoms with van der Waals surface area (Å²) in [6.07, 6.45) is 5.25. The topological polar surface area (TPSA) is 94.1 Å². The Morgan fingerprint density at radius 3 is 2.82 bits per heavy atom. The molecule has 1 unspecified atom stereocenters. The van der Waals surface area contributed by atoms with E-state index < -0.39 is 11.7 Å². The van der Waals surface area contributed by atoms with Crippen molar-refractivity contribution in [2.45, 2.75) is 71.9 Å². The van der Waals surface area contributed by atoms with Crippen LogP contribution in [0.1, 0.15) is 59.4 Å². The minimum absolute atomic E-state index is 0.0731. The number of carbonyl (C=O) groups is 1. The van der Waals surface area contributed by atoms with E-state index in [1.807, 2.05) is 20.8 Å². The van der Waals surface area contributed by atoms with E-state index in [1.165, 1.54) is 12.7 Å². The number of rotatable bonds is 3. The molecule has 1 saturated carbocycles. The molecule has 2 N–H and O–H groups in total. The lowest BCUT2D eigenvalue weighted by molar-refractivity contribution is 0.0511. The Balaban J connectivity index is 0.000000191. The van der Waals surface area contributed by atoms with Gasteiger partial charge in [-0.1, -0.05) is 25.1 Å². The zero-order chi connectivity index (χ0) is 24.7. The van der Waals surface area contributed by atoms with E-state index in [4.69, 9.17) is 14.3 Å². The Morgan fingerprint density at radius 1 is 1.32 bits per heavy atom. The van der Waals surface area contributed by atoms with Gasteiger partial charge < -0.3 is 24.9 Å². The van der Waals surface area contributed by atoms with E-state index in [1.54, 1.807) is 6.20 Å². The smallest absolute Gasteiger partial charge is 0.408 e. The van der Waals surface area contributed by atoms with E-state index in [-0.39, 0.29) is 6.04 Å². The normalized spacial score (nSPS) is 20.8. The van der Waals surface area contributed by atoms with Crippen LogP contribution in [0.3, 0.4) is 0 Å². The second-order valence-electron chi connectivity index (χ2n) is 9.83. The first-order valence-corrected chi connectivity index (χ1v) is 12.1. The number of benzene rings is 1. The monoisotopic (exact) mass is 470 g/mol. The third-order valence-corrected chi connectivity index (χ3v) is 5.77. The highest BCUT2D eigenvalue weighted by Gasteiger charge is 2.28. The van der Waals surface area contributed by atoms with E-state index in [2.05, 4.69) is 52.8 Å². The highest BCUT2D eigenvalue weighted by Crippen LogP contribution is 2.34. The summed E-state index contributed by atoms with van der Waals surface area (Å²) in [5.41, 5.74) is 3.85. The summed E-state index contributed by atoms with van der Waals surface area (Å²) in [6.45, 7) is 11.5. The van der Waals surface area contributed by atoms with E-state index in [0.29, 0.717) is 12.5 Å². The molecule has 2 aromatic rings. The number of anilines is 1. The third-order valence-electron chi connectivity index (χ3n) is 5.77. The van der Waals surface area contributed by atoms with Gasteiger partial charge in [0.25, 0.3) is 0 Å². The van der Waals surface area contributed by atoms with Crippen LogP contribution in [0.4, 0.5) is 10.5 Å². The number of aromatic nitrogens is 1. The van der Waals surface area contributed by atoms with E-state index >= 15 is 0 Å². The van der Waals surface area contributed by atoms with Crippen LogP contribution < -0.4 is 15.4 Å². The lowest BCUT2D eigenvalue weighted by Crippen LogP contribution is -2.46. The summed E-state index contributed by atoms with van der Waals surface area (Å²) in [5, 5.41) is 11.4. The Labute approximate surface area is 202 Å². The molecule has 1 amide bonds. The largest absolute Gasteiger partial charge is 0.488 e. The van der Waals surface area contributed by atoms with Gasteiger partial charge in [-0.2, -0.15) is 0 Å². The molecular formula is C26H38N4O4. The van der Waals surface area contributed by atoms with E-state index in [9.17, 15) is 4.79 Å². The maximum absolute atomic E-state index is 11.7. The van der Waals surface area contributed by atoms with Crippen LogP contribution in [0.5, 0.6) is 5.75 Å². The quantitative estimate of drug-likeness (QED) is 0.591. The van der Waals surface area contributed by atoms with Crippen molar-refractivity contribution in [1.29, 1.82) is 0 Å². The van der Waals surface area contributed by atoms with Crippen LogP contribution >= 0.6 is 0 Å². The molecule has 0 saturated heterocycles. The number of pyridine rings is 1. The molecule has 0 spiro atoms. The van der Waals surface area contributed by atoms with Crippen molar-refractivity contribution in [3.63, 3.8) is 0 Å². The van der Waals surface area contributed by atoms with Crippen LogP contribution in [-0.4, -0.2) is 48.7 Å². The van der Waals surface area contributed by atoms with Crippen molar-refractivity contribution >= 4 is 28.4 Å². The fourth-order valence-electron chi connectivity index (χ4n) is 4.11. The van der Waals surface area contributed by atoms with Crippen LogP contribution in [0.15, 0.2) is 29.6 Å². The van der Waals surface area contributed by atoms with Crippen molar-refractivity contribution < 1.29 is 19.1 Å². The van der Waals surface area contributed by atoms with Crippen molar-refractivity contribution in [3.8, 4) is 5.75 Å². The number of nitrogens with one attached hydrogen (secondary N) is 2. The summed E-state index contributed by atoms with van der Waals surface area (Å²) in [6, 6.07) is 6.33. The van der Waals surface area contributed by atoms with Gasteiger partial charge >= 0.3 is 6.09 Å². The van der Waals surface area contributed by atoms with Crippen LogP contribution in [0.25, 0.3) is 10.9 Å². The number of ether oxygens (including phenoxy) is 2. The van der Waals surface area contributed by atoms with Crippen molar-refractivity contribution in [2.24, 2.45) is 11.1 Å². The minimum atomic E-state index is -0.482. The van der Waals surface area contributed by atoms with Gasteiger partial charge in [-0.05, 0) is 70.1 Å². The number of amides is 1. The molecule has 1 aromatic carbocycles. The zero-order valence-corrected chi connectivity index (χ0v) is 21.2. The fourth-order valence-corrected chi connectivity index (χ4v) is 4.11. The van der Waals surface area contributed by atoms with Gasteiger partial charge in [0.15, 0.2) is 5.75 Å². The van der Waals surface area contributed by atoms with Gasteiger partial charge in [0.1, 0.15) is 19.3 Å². The summed E-state index contributed by atoms with van der Waals surface area (Å²) in [5.74, 6) is 1.45. The molecule has 2 aliphatic rings. The molecule has 2 heterocycles. The van der Waals surface area contributed by atoms with Crippen molar-refractivity contribution in [2.75, 3.05) is 25.6 Å². The molecule has 0 radical (unpaired) electrons. The summed E-state index contributed by atoms with van der Waals surface area (Å²) >= 11 is 0. The maximum atomic E-state index is 11.7. The van der Waals surface area contributed by atoms with Gasteiger partial charge in [0, 0.05) is 11.9 Å². The predicted molar refractivity (Wildman–Crippen MR) is 136 cm³/mol. The second-order valence-corrected chi connectivity index (χ2v) is 9.83. The average Bonchev–Trinajstić information content (AvgIpc) is 2.80. The summed E-state index contributed by atoms with van der Waals surface area (Å²) in [7, 11) is 1.52. The molecule has 186 valence electrons. The molecule has 1 aromatic heterocycles. The van der Waals surface area contributed by atoms with Gasteiger partial charge in [-0.25, -0.2) is 4.79 Å². The number of nitrogens with zero attached hydrogens (tertiary/aromatic N) is 2. The minimum Gasteiger partial charge on any atom is -0.488 e. The average molecular weight is 471 g/mol. The summed E-state index contributed by atoms with van der Waals surface area (Å²) < 4.78 is 10.8. The number of hydrogen-bond acceptors (Lipinski definition) is 7.